The number of amides is 1. The third-order valence-electron chi connectivity index (χ3n) is 3.49. The highest BCUT2D eigenvalue weighted by Gasteiger charge is 2.21. The quantitative estimate of drug-likeness (QED) is 0.851. The van der Waals surface area contributed by atoms with Crippen molar-refractivity contribution in [1.29, 1.82) is 0 Å². The Morgan fingerprint density at radius 3 is 2.65 bits per heavy atom. The summed E-state index contributed by atoms with van der Waals surface area (Å²) in [4.78, 5) is 11.2. The van der Waals surface area contributed by atoms with Gasteiger partial charge in [-0.3, -0.25) is 4.79 Å². The average Bonchev–Trinajstić information content (AvgIpc) is 2.33. The lowest BCUT2D eigenvalue weighted by molar-refractivity contribution is -0.122. The second kappa shape index (κ2) is 4.78. The molecule has 1 atom stereocenters. The van der Waals surface area contributed by atoms with E-state index in [1.54, 1.807) is 7.11 Å². The van der Waals surface area contributed by atoms with Crippen LogP contribution in [0.2, 0.25) is 0 Å². The summed E-state index contributed by atoms with van der Waals surface area (Å²) in [5, 5.41) is 2.94. The van der Waals surface area contributed by atoms with Crippen LogP contribution >= 0.6 is 0 Å². The van der Waals surface area contributed by atoms with Crippen molar-refractivity contribution in [3.8, 4) is 5.75 Å². The summed E-state index contributed by atoms with van der Waals surface area (Å²) in [5.41, 5.74) is 3.74. The standard InChI is InChI=1S/C14H19NO2/c1-9-7-13(17-3)10(2)6-12(9)11-4-5-14(16)15-8-11/h6-7,11H,4-5,8H2,1-3H3,(H,15,16). The fraction of sp³-hybridized carbons (Fsp3) is 0.500. The lowest BCUT2D eigenvalue weighted by Crippen LogP contribution is -2.33. The van der Waals surface area contributed by atoms with Gasteiger partial charge in [0.15, 0.2) is 0 Å². The molecule has 0 bridgehead atoms. The van der Waals surface area contributed by atoms with Gasteiger partial charge in [0, 0.05) is 18.9 Å². The van der Waals surface area contributed by atoms with Gasteiger partial charge in [0.25, 0.3) is 0 Å². The number of aryl methyl sites for hydroxylation is 2. The van der Waals surface area contributed by atoms with E-state index in [0.29, 0.717) is 12.3 Å². The molecule has 1 aromatic carbocycles. The van der Waals surface area contributed by atoms with E-state index < -0.39 is 0 Å². The Kier molecular flexibility index (Phi) is 3.36. The number of hydrogen-bond acceptors (Lipinski definition) is 2. The van der Waals surface area contributed by atoms with E-state index in [4.69, 9.17) is 4.74 Å². The van der Waals surface area contributed by atoms with Crippen molar-refractivity contribution in [2.45, 2.75) is 32.6 Å². The van der Waals surface area contributed by atoms with Crippen LogP contribution in [0.3, 0.4) is 0 Å². The first-order valence-corrected chi connectivity index (χ1v) is 6.03. The molecule has 1 heterocycles. The summed E-state index contributed by atoms with van der Waals surface area (Å²) in [6, 6.07) is 4.28. The molecular weight excluding hydrogens is 214 g/mol. The molecule has 1 saturated heterocycles. The summed E-state index contributed by atoms with van der Waals surface area (Å²) >= 11 is 0. The van der Waals surface area contributed by atoms with Crippen LogP contribution in [0.1, 0.15) is 35.4 Å². The van der Waals surface area contributed by atoms with E-state index in [-0.39, 0.29) is 5.91 Å². The first-order chi connectivity index (χ1) is 8.11. The zero-order valence-corrected chi connectivity index (χ0v) is 10.7. The van der Waals surface area contributed by atoms with Crippen molar-refractivity contribution in [1.82, 2.24) is 5.32 Å². The maximum absolute atomic E-state index is 11.2. The number of rotatable bonds is 2. The number of carbonyl (C=O) groups is 1. The minimum atomic E-state index is 0.170. The molecule has 3 heteroatoms. The summed E-state index contributed by atoms with van der Waals surface area (Å²) < 4.78 is 5.32. The number of ether oxygens (including phenoxy) is 1. The summed E-state index contributed by atoms with van der Waals surface area (Å²) in [6.07, 6.45) is 1.58. The monoisotopic (exact) mass is 233 g/mol. The fourth-order valence-corrected chi connectivity index (χ4v) is 2.47. The lowest BCUT2D eigenvalue weighted by atomic mass is 9.87. The van der Waals surface area contributed by atoms with Crippen LogP contribution < -0.4 is 10.1 Å². The van der Waals surface area contributed by atoms with Gasteiger partial charge in [-0.25, -0.2) is 0 Å². The van der Waals surface area contributed by atoms with Crippen molar-refractivity contribution in [2.24, 2.45) is 0 Å². The minimum absolute atomic E-state index is 0.170. The first kappa shape index (κ1) is 12.0. The van der Waals surface area contributed by atoms with E-state index >= 15 is 0 Å². The second-order valence-corrected chi connectivity index (χ2v) is 4.72. The maximum atomic E-state index is 11.2. The molecule has 0 aromatic heterocycles. The van der Waals surface area contributed by atoms with Crippen LogP contribution in [0.25, 0.3) is 0 Å². The van der Waals surface area contributed by atoms with Gasteiger partial charge in [0.1, 0.15) is 5.75 Å². The largest absolute Gasteiger partial charge is 0.496 e. The molecule has 1 fully saturated rings. The predicted octanol–water partition coefficient (Wildman–Crippen LogP) is 2.31. The average molecular weight is 233 g/mol. The van der Waals surface area contributed by atoms with Crippen molar-refractivity contribution < 1.29 is 9.53 Å². The SMILES string of the molecule is COc1cc(C)c(C2CCC(=O)NC2)cc1C. The second-order valence-electron chi connectivity index (χ2n) is 4.72. The first-order valence-electron chi connectivity index (χ1n) is 6.03. The van der Waals surface area contributed by atoms with Gasteiger partial charge in [-0.05, 0) is 43.0 Å². The van der Waals surface area contributed by atoms with Gasteiger partial charge in [0.05, 0.1) is 7.11 Å². The summed E-state index contributed by atoms with van der Waals surface area (Å²) in [7, 11) is 1.70. The van der Waals surface area contributed by atoms with Crippen LogP contribution in [0.15, 0.2) is 12.1 Å². The number of methoxy groups -OCH3 is 1. The zero-order chi connectivity index (χ0) is 12.4. The van der Waals surface area contributed by atoms with Crippen LogP contribution in [0, 0.1) is 13.8 Å². The van der Waals surface area contributed by atoms with Gasteiger partial charge < -0.3 is 10.1 Å². The van der Waals surface area contributed by atoms with E-state index in [0.717, 1.165) is 24.3 Å². The third kappa shape index (κ3) is 2.43. The highest BCUT2D eigenvalue weighted by atomic mass is 16.5. The summed E-state index contributed by atoms with van der Waals surface area (Å²) in [6.45, 7) is 4.92. The molecule has 3 nitrogen and oxygen atoms in total. The van der Waals surface area contributed by atoms with Gasteiger partial charge in [-0.2, -0.15) is 0 Å². The molecule has 0 aliphatic carbocycles. The highest BCUT2D eigenvalue weighted by molar-refractivity contribution is 5.77. The molecule has 1 aliphatic heterocycles. The van der Waals surface area contributed by atoms with Gasteiger partial charge >= 0.3 is 0 Å². The molecule has 0 saturated carbocycles. The van der Waals surface area contributed by atoms with E-state index in [9.17, 15) is 4.79 Å². The molecular formula is C14H19NO2. The van der Waals surface area contributed by atoms with E-state index in [1.165, 1.54) is 11.1 Å². The molecule has 1 unspecified atom stereocenters. The minimum Gasteiger partial charge on any atom is -0.496 e. The molecule has 1 amide bonds. The Morgan fingerprint density at radius 1 is 1.29 bits per heavy atom. The summed E-state index contributed by atoms with van der Waals surface area (Å²) in [5.74, 6) is 1.55. The fourth-order valence-electron chi connectivity index (χ4n) is 2.47. The van der Waals surface area contributed by atoms with E-state index in [1.807, 2.05) is 0 Å². The Hall–Kier alpha value is -1.51. The van der Waals surface area contributed by atoms with Crippen molar-refractivity contribution in [2.75, 3.05) is 13.7 Å². The zero-order valence-electron chi connectivity index (χ0n) is 10.7. The number of carbonyl (C=O) groups excluding carboxylic acids is 1. The number of hydrogen-bond donors (Lipinski definition) is 1. The van der Waals surface area contributed by atoms with Crippen LogP contribution in [0.4, 0.5) is 0 Å². The van der Waals surface area contributed by atoms with Crippen LogP contribution in [-0.4, -0.2) is 19.6 Å². The Balaban J connectivity index is 2.26. The molecule has 1 aliphatic rings. The molecule has 2 rings (SSSR count). The Labute approximate surface area is 102 Å². The van der Waals surface area contributed by atoms with Crippen molar-refractivity contribution in [3.63, 3.8) is 0 Å². The normalized spacial score (nSPS) is 19.9. The molecule has 1 N–H and O–H groups in total. The molecule has 1 aromatic rings. The van der Waals surface area contributed by atoms with Gasteiger partial charge in [-0.15, -0.1) is 0 Å². The van der Waals surface area contributed by atoms with E-state index in [2.05, 4.69) is 31.3 Å². The topological polar surface area (TPSA) is 38.3 Å². The Bertz CT molecular complexity index is 430. The van der Waals surface area contributed by atoms with Crippen LogP contribution in [-0.2, 0) is 4.79 Å². The van der Waals surface area contributed by atoms with Crippen LogP contribution in [0.5, 0.6) is 5.75 Å². The molecule has 0 spiro atoms. The highest BCUT2D eigenvalue weighted by Crippen LogP contribution is 2.31. The number of piperidine rings is 1. The maximum Gasteiger partial charge on any atom is 0.220 e. The lowest BCUT2D eigenvalue weighted by Gasteiger charge is -2.25. The molecule has 92 valence electrons. The smallest absolute Gasteiger partial charge is 0.220 e. The molecule has 0 radical (unpaired) electrons. The Morgan fingerprint density at radius 2 is 2.06 bits per heavy atom. The number of nitrogens with one attached hydrogen (secondary N) is 1. The predicted molar refractivity (Wildman–Crippen MR) is 67.5 cm³/mol. The van der Waals surface area contributed by atoms with Crippen molar-refractivity contribution in [3.05, 3.63) is 28.8 Å². The van der Waals surface area contributed by atoms with Crippen molar-refractivity contribution >= 4 is 5.91 Å². The van der Waals surface area contributed by atoms with Gasteiger partial charge in [0.2, 0.25) is 5.91 Å². The number of benzene rings is 1. The third-order valence-corrected chi connectivity index (χ3v) is 3.49. The van der Waals surface area contributed by atoms with Gasteiger partial charge in [-0.1, -0.05) is 6.07 Å². The molecule has 17 heavy (non-hydrogen) atoms.